The molecular weight excluding hydrogens is 432 g/mol. The van der Waals surface area contributed by atoms with Gasteiger partial charge in [0.05, 0.1) is 0 Å². The first-order valence-corrected chi connectivity index (χ1v) is 10.8. The monoisotopic (exact) mass is 452 g/mol. The molecule has 5 heteroatoms. The second kappa shape index (κ2) is 8.15. The number of rotatable bonds is 3. The van der Waals surface area contributed by atoms with E-state index < -0.39 is 11.8 Å². The SMILES string of the molecule is O=C1CCCC(=O)C1c1cccc(C2C(=O)CCCC2=O)c1-c1ccccc1Br. The molecule has 0 aromatic heterocycles. The van der Waals surface area contributed by atoms with Crippen LogP contribution in [0.15, 0.2) is 46.9 Å². The van der Waals surface area contributed by atoms with Gasteiger partial charge in [-0.25, -0.2) is 0 Å². The zero-order chi connectivity index (χ0) is 20.5. The summed E-state index contributed by atoms with van der Waals surface area (Å²) in [6.07, 6.45) is 2.65. The summed E-state index contributed by atoms with van der Waals surface area (Å²) in [6, 6.07) is 12.9. The van der Waals surface area contributed by atoms with Crippen LogP contribution in [0, 0.1) is 0 Å². The fraction of sp³-hybridized carbons (Fsp3) is 0.333. The number of ketones is 4. The first kappa shape index (κ1) is 19.9. The molecule has 2 fully saturated rings. The molecule has 0 unspecified atom stereocenters. The second-order valence-electron chi connectivity index (χ2n) is 7.73. The van der Waals surface area contributed by atoms with E-state index in [1.807, 2.05) is 24.3 Å². The summed E-state index contributed by atoms with van der Waals surface area (Å²) in [5.74, 6) is -2.03. The van der Waals surface area contributed by atoms with E-state index >= 15 is 0 Å². The van der Waals surface area contributed by atoms with Crippen molar-refractivity contribution in [1.29, 1.82) is 0 Å². The Morgan fingerprint density at radius 1 is 0.621 bits per heavy atom. The molecule has 0 aliphatic heterocycles. The molecule has 0 spiro atoms. The average Bonchev–Trinajstić information content (AvgIpc) is 2.69. The van der Waals surface area contributed by atoms with Crippen molar-refractivity contribution in [3.8, 4) is 11.1 Å². The lowest BCUT2D eigenvalue weighted by atomic mass is 9.73. The van der Waals surface area contributed by atoms with Crippen molar-refractivity contribution in [3.63, 3.8) is 0 Å². The number of halogens is 1. The Morgan fingerprint density at radius 2 is 1.07 bits per heavy atom. The van der Waals surface area contributed by atoms with E-state index in [4.69, 9.17) is 0 Å². The van der Waals surface area contributed by atoms with Gasteiger partial charge in [-0.05, 0) is 41.2 Å². The molecule has 2 aliphatic rings. The molecule has 0 saturated heterocycles. The number of carbonyl (C=O) groups is 4. The zero-order valence-electron chi connectivity index (χ0n) is 15.9. The summed E-state index contributed by atoms with van der Waals surface area (Å²) in [4.78, 5) is 50.9. The van der Waals surface area contributed by atoms with Crippen molar-refractivity contribution in [2.75, 3.05) is 0 Å². The topological polar surface area (TPSA) is 68.3 Å². The van der Waals surface area contributed by atoms with E-state index in [0.717, 1.165) is 10.0 Å². The molecule has 0 radical (unpaired) electrons. The zero-order valence-corrected chi connectivity index (χ0v) is 17.5. The van der Waals surface area contributed by atoms with E-state index in [1.165, 1.54) is 0 Å². The molecule has 0 heterocycles. The van der Waals surface area contributed by atoms with Gasteiger partial charge in [-0.2, -0.15) is 0 Å². The maximum absolute atomic E-state index is 12.7. The van der Waals surface area contributed by atoms with Gasteiger partial charge in [0.1, 0.15) is 35.0 Å². The summed E-state index contributed by atoms with van der Waals surface area (Å²) in [6.45, 7) is 0. The van der Waals surface area contributed by atoms with Crippen LogP contribution in [0.1, 0.15) is 61.5 Å². The van der Waals surface area contributed by atoms with E-state index in [2.05, 4.69) is 15.9 Å². The third kappa shape index (κ3) is 3.64. The molecule has 0 amide bonds. The highest BCUT2D eigenvalue weighted by Crippen LogP contribution is 2.43. The van der Waals surface area contributed by atoms with Crippen LogP contribution in [0.4, 0.5) is 0 Å². The number of hydrogen-bond acceptors (Lipinski definition) is 4. The number of carbonyl (C=O) groups excluding carboxylic acids is 4. The molecule has 2 saturated carbocycles. The van der Waals surface area contributed by atoms with Crippen LogP contribution in [0.3, 0.4) is 0 Å². The van der Waals surface area contributed by atoms with E-state index in [9.17, 15) is 19.2 Å². The molecule has 2 aromatic rings. The molecule has 2 aliphatic carbocycles. The highest BCUT2D eigenvalue weighted by molar-refractivity contribution is 9.10. The van der Waals surface area contributed by atoms with Gasteiger partial charge in [0, 0.05) is 30.2 Å². The lowest BCUT2D eigenvalue weighted by Crippen LogP contribution is -2.29. The summed E-state index contributed by atoms with van der Waals surface area (Å²) < 4.78 is 0.792. The number of hydrogen-bond donors (Lipinski definition) is 0. The molecule has 2 aromatic carbocycles. The van der Waals surface area contributed by atoms with Gasteiger partial charge in [-0.15, -0.1) is 0 Å². The maximum atomic E-state index is 12.7. The Balaban J connectivity index is 1.99. The molecule has 0 N–H and O–H groups in total. The standard InChI is InChI=1S/C24H21BrO4/c25-17-9-2-1-6-14(17)22-15(23-18(26)10-4-11-19(23)27)7-3-8-16(22)24-20(28)12-5-13-21(24)29/h1-3,6-9,23-24H,4-5,10-13H2. The molecule has 148 valence electrons. The van der Waals surface area contributed by atoms with Gasteiger partial charge in [0.2, 0.25) is 0 Å². The first-order chi connectivity index (χ1) is 14.0. The lowest BCUT2D eigenvalue weighted by molar-refractivity contribution is -0.133. The van der Waals surface area contributed by atoms with Crippen LogP contribution in [0.5, 0.6) is 0 Å². The molecule has 0 atom stereocenters. The van der Waals surface area contributed by atoms with Crippen molar-refractivity contribution < 1.29 is 19.2 Å². The van der Waals surface area contributed by atoms with E-state index in [0.29, 0.717) is 55.2 Å². The van der Waals surface area contributed by atoms with Crippen LogP contribution in [0.2, 0.25) is 0 Å². The predicted molar refractivity (Wildman–Crippen MR) is 113 cm³/mol. The maximum Gasteiger partial charge on any atom is 0.147 e. The third-order valence-corrected chi connectivity index (χ3v) is 6.57. The van der Waals surface area contributed by atoms with Gasteiger partial charge >= 0.3 is 0 Å². The van der Waals surface area contributed by atoms with Crippen molar-refractivity contribution in [1.82, 2.24) is 0 Å². The first-order valence-electron chi connectivity index (χ1n) is 9.97. The van der Waals surface area contributed by atoms with Crippen LogP contribution in [-0.2, 0) is 19.2 Å². The minimum absolute atomic E-state index is 0.0898. The van der Waals surface area contributed by atoms with Crippen LogP contribution in [0.25, 0.3) is 11.1 Å². The van der Waals surface area contributed by atoms with Gasteiger partial charge in [-0.1, -0.05) is 52.3 Å². The average molecular weight is 453 g/mol. The smallest absolute Gasteiger partial charge is 0.147 e. The quantitative estimate of drug-likeness (QED) is 0.619. The third-order valence-electron chi connectivity index (χ3n) is 5.87. The Hall–Kier alpha value is -2.40. The van der Waals surface area contributed by atoms with Gasteiger partial charge in [0.15, 0.2) is 0 Å². The molecule has 4 nitrogen and oxygen atoms in total. The Morgan fingerprint density at radius 3 is 1.52 bits per heavy atom. The Kier molecular flexibility index (Phi) is 5.59. The summed E-state index contributed by atoms with van der Waals surface area (Å²) in [5.41, 5.74) is 2.67. The van der Waals surface area contributed by atoms with Crippen molar-refractivity contribution >= 4 is 39.1 Å². The van der Waals surface area contributed by atoms with Gasteiger partial charge < -0.3 is 0 Å². The summed E-state index contributed by atoms with van der Waals surface area (Å²) in [5, 5.41) is 0. The normalized spacial score (nSPS) is 19.1. The van der Waals surface area contributed by atoms with Crippen LogP contribution < -0.4 is 0 Å². The van der Waals surface area contributed by atoms with Crippen molar-refractivity contribution in [3.05, 3.63) is 58.1 Å². The number of benzene rings is 2. The fourth-order valence-electron chi connectivity index (χ4n) is 4.55. The second-order valence-corrected chi connectivity index (χ2v) is 8.58. The minimum atomic E-state index is -0.834. The molecule has 0 bridgehead atoms. The Labute approximate surface area is 177 Å². The molecule has 29 heavy (non-hydrogen) atoms. The number of Topliss-reactive ketones (excluding diaryl/α,β-unsaturated/α-hetero) is 4. The van der Waals surface area contributed by atoms with E-state index in [-0.39, 0.29) is 23.1 Å². The Bertz CT molecular complexity index is 935. The summed E-state index contributed by atoms with van der Waals surface area (Å²) in [7, 11) is 0. The van der Waals surface area contributed by atoms with Crippen molar-refractivity contribution in [2.45, 2.75) is 50.4 Å². The fourth-order valence-corrected chi connectivity index (χ4v) is 5.03. The largest absolute Gasteiger partial charge is 0.299 e. The van der Waals surface area contributed by atoms with Crippen LogP contribution >= 0.6 is 15.9 Å². The molecule has 4 rings (SSSR count). The highest BCUT2D eigenvalue weighted by atomic mass is 79.9. The lowest BCUT2D eigenvalue weighted by Gasteiger charge is -2.28. The van der Waals surface area contributed by atoms with Gasteiger partial charge in [0.25, 0.3) is 0 Å². The van der Waals surface area contributed by atoms with Crippen molar-refractivity contribution in [2.24, 2.45) is 0 Å². The summed E-state index contributed by atoms with van der Waals surface area (Å²) >= 11 is 3.57. The minimum Gasteiger partial charge on any atom is -0.299 e. The van der Waals surface area contributed by atoms with Gasteiger partial charge in [-0.3, -0.25) is 19.2 Å². The van der Waals surface area contributed by atoms with Crippen LogP contribution in [-0.4, -0.2) is 23.1 Å². The predicted octanol–water partition coefficient (Wildman–Crippen LogP) is 4.93. The van der Waals surface area contributed by atoms with E-state index in [1.54, 1.807) is 18.2 Å². The highest BCUT2D eigenvalue weighted by Gasteiger charge is 2.38. The molecular formula is C24H21BrO4.